The Morgan fingerprint density at radius 1 is 1.30 bits per heavy atom. The molecule has 0 bridgehead atoms. The summed E-state index contributed by atoms with van der Waals surface area (Å²) in [5, 5.41) is 9.45. The monoisotopic (exact) mass is 330 g/mol. The molecule has 0 aromatic heterocycles. The van der Waals surface area contributed by atoms with Crippen molar-refractivity contribution in [1.82, 2.24) is 0 Å². The second-order valence-electron chi connectivity index (χ2n) is 6.27. The van der Waals surface area contributed by atoms with Crippen molar-refractivity contribution < 1.29 is 4.79 Å². The Labute approximate surface area is 144 Å². The fourth-order valence-corrected chi connectivity index (χ4v) is 4.45. The maximum Gasteiger partial charge on any atom is 0.239 e. The molecule has 1 unspecified atom stereocenters. The average Bonchev–Trinajstić information content (AvgIpc) is 2.57. The van der Waals surface area contributed by atoms with Gasteiger partial charge in [-0.05, 0) is 38.8 Å². The molecule has 2 rings (SSSR count). The molecule has 1 atom stereocenters. The first-order chi connectivity index (χ1) is 11.1. The second-order valence-corrected chi connectivity index (χ2v) is 7.92. The first-order valence-electron chi connectivity index (χ1n) is 8.52. The maximum atomic E-state index is 12.9. The Balaban J connectivity index is 2.05. The fraction of sp³-hybridized carbons (Fsp3) is 0.579. The van der Waals surface area contributed by atoms with Crippen LogP contribution in [0.2, 0.25) is 0 Å². The number of rotatable bonds is 6. The minimum Gasteiger partial charge on any atom is -0.310 e. The predicted molar refractivity (Wildman–Crippen MR) is 97.7 cm³/mol. The number of hydrogen-bond acceptors (Lipinski definition) is 3. The lowest BCUT2D eigenvalue weighted by atomic mass is 10.0. The predicted octanol–water partition coefficient (Wildman–Crippen LogP) is 4.70. The molecule has 4 heteroatoms. The zero-order valence-electron chi connectivity index (χ0n) is 14.1. The molecule has 23 heavy (non-hydrogen) atoms. The van der Waals surface area contributed by atoms with Crippen molar-refractivity contribution in [1.29, 1.82) is 5.26 Å². The van der Waals surface area contributed by atoms with Gasteiger partial charge in [0.05, 0.1) is 17.7 Å². The van der Waals surface area contributed by atoms with E-state index in [2.05, 4.69) is 6.07 Å². The van der Waals surface area contributed by atoms with Crippen molar-refractivity contribution >= 4 is 23.4 Å². The van der Waals surface area contributed by atoms with Crippen LogP contribution in [0.1, 0.15) is 51.0 Å². The van der Waals surface area contributed by atoms with Crippen LogP contribution < -0.4 is 4.90 Å². The highest BCUT2D eigenvalue weighted by Crippen LogP contribution is 2.32. The first kappa shape index (κ1) is 17.9. The van der Waals surface area contributed by atoms with Gasteiger partial charge < -0.3 is 4.90 Å². The molecule has 1 aliphatic rings. The number of nitrogens with zero attached hydrogens (tertiary/aromatic N) is 2. The molecule has 0 radical (unpaired) electrons. The largest absolute Gasteiger partial charge is 0.310 e. The Kier molecular flexibility index (Phi) is 6.98. The van der Waals surface area contributed by atoms with E-state index in [1.165, 1.54) is 37.7 Å². The number of benzene rings is 1. The van der Waals surface area contributed by atoms with E-state index in [9.17, 15) is 4.79 Å². The molecule has 1 aromatic rings. The van der Waals surface area contributed by atoms with E-state index in [1.807, 2.05) is 49.9 Å². The number of aryl methyl sites for hydroxylation is 1. The van der Waals surface area contributed by atoms with Gasteiger partial charge in [-0.15, -0.1) is 11.8 Å². The van der Waals surface area contributed by atoms with Crippen molar-refractivity contribution in [2.24, 2.45) is 0 Å². The second kappa shape index (κ2) is 8.98. The zero-order valence-corrected chi connectivity index (χ0v) is 14.9. The van der Waals surface area contributed by atoms with E-state index in [-0.39, 0.29) is 11.2 Å². The number of nitriles is 1. The summed E-state index contributed by atoms with van der Waals surface area (Å²) < 4.78 is 0. The number of carbonyl (C=O) groups is 1. The lowest BCUT2D eigenvalue weighted by molar-refractivity contribution is -0.117. The number of anilines is 1. The molecule has 0 aliphatic heterocycles. The van der Waals surface area contributed by atoms with Gasteiger partial charge in [0.25, 0.3) is 0 Å². The molecule has 1 saturated carbocycles. The van der Waals surface area contributed by atoms with Crippen LogP contribution in [0.4, 0.5) is 5.69 Å². The highest BCUT2D eigenvalue weighted by Gasteiger charge is 2.26. The minimum absolute atomic E-state index is 0.0573. The standard InChI is InChI=1S/C19H26N2OS/c1-15-9-11-17(12-10-15)21(14-6-13-20)19(22)16(2)23-18-7-4-3-5-8-18/h9-12,16,18H,3-8,14H2,1-2H3. The van der Waals surface area contributed by atoms with Crippen molar-refractivity contribution in [3.05, 3.63) is 29.8 Å². The Bertz CT molecular complexity index is 543. The van der Waals surface area contributed by atoms with Crippen molar-refractivity contribution in [3.8, 4) is 6.07 Å². The smallest absolute Gasteiger partial charge is 0.239 e. The molecule has 0 heterocycles. The molecule has 124 valence electrons. The summed E-state index contributed by atoms with van der Waals surface area (Å²) in [5.74, 6) is 0.125. The molecule has 0 saturated heterocycles. The minimum atomic E-state index is -0.0573. The highest BCUT2D eigenvalue weighted by molar-refractivity contribution is 8.01. The van der Waals surface area contributed by atoms with Crippen LogP contribution in [0.5, 0.6) is 0 Å². The van der Waals surface area contributed by atoms with E-state index in [0.717, 1.165) is 5.69 Å². The van der Waals surface area contributed by atoms with Crippen LogP contribution in [0.15, 0.2) is 24.3 Å². The van der Waals surface area contributed by atoms with Gasteiger partial charge in [-0.25, -0.2) is 0 Å². The highest BCUT2D eigenvalue weighted by atomic mass is 32.2. The molecule has 1 aliphatic carbocycles. The van der Waals surface area contributed by atoms with E-state index in [0.29, 0.717) is 18.2 Å². The van der Waals surface area contributed by atoms with Crippen molar-refractivity contribution in [2.45, 2.75) is 62.9 Å². The normalized spacial score (nSPS) is 16.6. The third-order valence-electron chi connectivity index (χ3n) is 4.36. The maximum absolute atomic E-state index is 12.9. The zero-order chi connectivity index (χ0) is 16.7. The summed E-state index contributed by atoms with van der Waals surface area (Å²) >= 11 is 1.81. The van der Waals surface area contributed by atoms with Gasteiger partial charge in [0.1, 0.15) is 0 Å². The number of thioether (sulfide) groups is 1. The van der Waals surface area contributed by atoms with Crippen LogP contribution in [0.25, 0.3) is 0 Å². The fourth-order valence-electron chi connectivity index (χ4n) is 3.02. The quantitative estimate of drug-likeness (QED) is 0.759. The number of hydrogen-bond donors (Lipinski definition) is 0. The van der Waals surface area contributed by atoms with Gasteiger partial charge in [0.2, 0.25) is 5.91 Å². The molecule has 3 nitrogen and oxygen atoms in total. The Morgan fingerprint density at radius 2 is 1.96 bits per heavy atom. The van der Waals surface area contributed by atoms with Gasteiger partial charge in [0.15, 0.2) is 0 Å². The van der Waals surface area contributed by atoms with Crippen LogP contribution >= 0.6 is 11.8 Å². The number of carbonyl (C=O) groups excluding carboxylic acids is 1. The van der Waals surface area contributed by atoms with Gasteiger partial charge in [-0.2, -0.15) is 5.26 Å². The van der Waals surface area contributed by atoms with Crippen LogP contribution in [0.3, 0.4) is 0 Å². The molecule has 1 fully saturated rings. The topological polar surface area (TPSA) is 44.1 Å². The van der Waals surface area contributed by atoms with Gasteiger partial charge in [-0.1, -0.05) is 37.0 Å². The van der Waals surface area contributed by atoms with Crippen molar-refractivity contribution in [2.75, 3.05) is 11.4 Å². The SMILES string of the molecule is Cc1ccc(N(CCC#N)C(=O)C(C)SC2CCCCC2)cc1. The summed E-state index contributed by atoms with van der Waals surface area (Å²) in [6.07, 6.45) is 6.72. The molecular weight excluding hydrogens is 304 g/mol. The first-order valence-corrected chi connectivity index (χ1v) is 9.46. The molecule has 0 N–H and O–H groups in total. The van der Waals surface area contributed by atoms with E-state index in [1.54, 1.807) is 4.90 Å². The average molecular weight is 330 g/mol. The molecular formula is C19H26N2OS. The van der Waals surface area contributed by atoms with Crippen LogP contribution in [0, 0.1) is 18.3 Å². The van der Waals surface area contributed by atoms with Gasteiger partial charge in [0, 0.05) is 17.5 Å². The summed E-state index contributed by atoms with van der Waals surface area (Å²) in [7, 11) is 0. The van der Waals surface area contributed by atoms with E-state index >= 15 is 0 Å². The third kappa shape index (κ3) is 5.28. The van der Waals surface area contributed by atoms with E-state index in [4.69, 9.17) is 5.26 Å². The van der Waals surface area contributed by atoms with Gasteiger partial charge in [-0.3, -0.25) is 4.79 Å². The molecule has 0 spiro atoms. The summed E-state index contributed by atoms with van der Waals surface area (Å²) in [6.45, 7) is 4.51. The third-order valence-corrected chi connectivity index (χ3v) is 5.82. The van der Waals surface area contributed by atoms with Gasteiger partial charge >= 0.3 is 0 Å². The Hall–Kier alpha value is -1.47. The number of amides is 1. The lowest BCUT2D eigenvalue weighted by Crippen LogP contribution is -2.38. The van der Waals surface area contributed by atoms with E-state index < -0.39 is 0 Å². The van der Waals surface area contributed by atoms with Crippen molar-refractivity contribution in [3.63, 3.8) is 0 Å². The Morgan fingerprint density at radius 3 is 2.57 bits per heavy atom. The van der Waals surface area contributed by atoms with Crippen LogP contribution in [-0.4, -0.2) is 23.0 Å². The summed E-state index contributed by atoms with van der Waals surface area (Å²) in [5.41, 5.74) is 2.07. The molecule has 1 aromatic carbocycles. The lowest BCUT2D eigenvalue weighted by Gasteiger charge is -2.28. The summed E-state index contributed by atoms with van der Waals surface area (Å²) in [4.78, 5) is 14.7. The summed E-state index contributed by atoms with van der Waals surface area (Å²) in [6, 6.07) is 10.1. The van der Waals surface area contributed by atoms with Crippen LogP contribution in [-0.2, 0) is 4.79 Å². The molecule has 1 amide bonds.